The van der Waals surface area contributed by atoms with Gasteiger partial charge in [-0.3, -0.25) is 4.79 Å². The Morgan fingerprint density at radius 2 is 2.11 bits per heavy atom. The molecular formula is C13H20ClN3OS. The Morgan fingerprint density at radius 3 is 2.63 bits per heavy atom. The van der Waals surface area contributed by atoms with E-state index < -0.39 is 0 Å². The summed E-state index contributed by atoms with van der Waals surface area (Å²) < 4.78 is 0.332. The van der Waals surface area contributed by atoms with Crippen LogP contribution in [0.3, 0.4) is 0 Å². The van der Waals surface area contributed by atoms with E-state index in [0.717, 1.165) is 25.8 Å². The Morgan fingerprint density at radius 1 is 1.42 bits per heavy atom. The molecule has 2 rings (SSSR count). The minimum atomic E-state index is -0.00282. The minimum Gasteiger partial charge on any atom is -0.334 e. The van der Waals surface area contributed by atoms with Crippen LogP contribution < -0.4 is 0 Å². The van der Waals surface area contributed by atoms with Crippen LogP contribution in [0.4, 0.5) is 0 Å². The number of rotatable bonds is 5. The zero-order chi connectivity index (χ0) is 13.8. The van der Waals surface area contributed by atoms with Gasteiger partial charge in [0.1, 0.15) is 0 Å². The van der Waals surface area contributed by atoms with Gasteiger partial charge in [0.25, 0.3) is 5.91 Å². The quantitative estimate of drug-likeness (QED) is 0.834. The normalized spacial score (nSPS) is 16.2. The third-order valence-electron chi connectivity index (χ3n) is 3.56. The molecule has 1 aliphatic carbocycles. The molecule has 0 aliphatic heterocycles. The van der Waals surface area contributed by atoms with Crippen molar-refractivity contribution in [3.05, 3.63) is 9.47 Å². The molecule has 0 unspecified atom stereocenters. The average molecular weight is 302 g/mol. The molecule has 4 nitrogen and oxygen atoms in total. The van der Waals surface area contributed by atoms with Crippen LogP contribution in [0.5, 0.6) is 0 Å². The number of carbonyl (C=O) groups excluding carboxylic acids is 1. The molecule has 0 bridgehead atoms. The van der Waals surface area contributed by atoms with E-state index >= 15 is 0 Å². The highest BCUT2D eigenvalue weighted by Gasteiger charge is 2.29. The lowest BCUT2D eigenvalue weighted by Gasteiger charge is -2.28. The van der Waals surface area contributed by atoms with Crippen molar-refractivity contribution in [2.45, 2.75) is 52.0 Å². The number of amides is 1. The van der Waals surface area contributed by atoms with Gasteiger partial charge in [0, 0.05) is 12.6 Å². The highest BCUT2D eigenvalue weighted by molar-refractivity contribution is 7.17. The lowest BCUT2D eigenvalue weighted by molar-refractivity contribution is 0.0670. The number of carbonyl (C=O) groups is 1. The van der Waals surface area contributed by atoms with Gasteiger partial charge in [-0.2, -0.15) is 0 Å². The Hall–Kier alpha value is -0.680. The summed E-state index contributed by atoms with van der Waals surface area (Å²) in [6, 6.07) is 0.369. The molecule has 1 amide bonds. The van der Waals surface area contributed by atoms with Crippen molar-refractivity contribution in [1.29, 1.82) is 0 Å². The SMILES string of the molecule is CC(C)CCN(C(=O)c1nnc(Cl)s1)C1CCCC1. The van der Waals surface area contributed by atoms with Crippen LogP contribution in [0.15, 0.2) is 0 Å². The second kappa shape index (κ2) is 6.66. The average Bonchev–Trinajstić information content (AvgIpc) is 3.00. The summed E-state index contributed by atoms with van der Waals surface area (Å²) in [6.07, 6.45) is 5.67. The van der Waals surface area contributed by atoms with Gasteiger partial charge in [-0.1, -0.05) is 38.0 Å². The summed E-state index contributed by atoms with van der Waals surface area (Å²) in [5.74, 6) is 0.590. The standard InChI is InChI=1S/C13H20ClN3OS/c1-9(2)7-8-17(10-5-3-4-6-10)12(18)11-15-16-13(14)19-11/h9-10H,3-8H2,1-2H3. The fraction of sp³-hybridized carbons (Fsp3) is 0.769. The molecule has 1 heterocycles. The Labute approximate surface area is 123 Å². The number of hydrogen-bond acceptors (Lipinski definition) is 4. The fourth-order valence-electron chi connectivity index (χ4n) is 2.48. The summed E-state index contributed by atoms with van der Waals surface area (Å²) in [5, 5.41) is 8.03. The molecular weight excluding hydrogens is 282 g/mol. The molecule has 1 saturated carbocycles. The minimum absolute atomic E-state index is 0.00282. The highest BCUT2D eigenvalue weighted by Crippen LogP contribution is 2.27. The predicted molar refractivity (Wildman–Crippen MR) is 77.7 cm³/mol. The van der Waals surface area contributed by atoms with Crippen molar-refractivity contribution >= 4 is 28.8 Å². The van der Waals surface area contributed by atoms with E-state index in [9.17, 15) is 4.79 Å². The monoisotopic (exact) mass is 301 g/mol. The summed E-state index contributed by atoms with van der Waals surface area (Å²) in [6.45, 7) is 5.16. The first-order valence-electron chi connectivity index (χ1n) is 6.88. The smallest absolute Gasteiger partial charge is 0.285 e. The first-order valence-corrected chi connectivity index (χ1v) is 8.07. The third-order valence-corrected chi connectivity index (χ3v) is 4.56. The number of hydrogen-bond donors (Lipinski definition) is 0. The molecule has 0 N–H and O–H groups in total. The molecule has 1 aliphatic rings. The van der Waals surface area contributed by atoms with Gasteiger partial charge in [0.15, 0.2) is 0 Å². The molecule has 1 aromatic heterocycles. The van der Waals surface area contributed by atoms with Crippen molar-refractivity contribution in [3.63, 3.8) is 0 Å². The zero-order valence-electron chi connectivity index (χ0n) is 11.4. The van der Waals surface area contributed by atoms with E-state index in [4.69, 9.17) is 11.6 Å². The maximum Gasteiger partial charge on any atom is 0.285 e. The van der Waals surface area contributed by atoms with Gasteiger partial charge in [-0.15, -0.1) is 10.2 Å². The summed E-state index contributed by atoms with van der Waals surface area (Å²) >= 11 is 6.94. The highest BCUT2D eigenvalue weighted by atomic mass is 35.5. The lowest BCUT2D eigenvalue weighted by Crippen LogP contribution is -2.40. The van der Waals surface area contributed by atoms with Crippen LogP contribution in [0.25, 0.3) is 0 Å². The van der Waals surface area contributed by atoms with Gasteiger partial charge < -0.3 is 4.90 Å². The zero-order valence-corrected chi connectivity index (χ0v) is 13.0. The van der Waals surface area contributed by atoms with E-state index in [1.54, 1.807) is 0 Å². The number of nitrogens with zero attached hydrogens (tertiary/aromatic N) is 3. The second-order valence-electron chi connectivity index (χ2n) is 5.48. The molecule has 0 radical (unpaired) electrons. The van der Waals surface area contributed by atoms with E-state index in [1.165, 1.54) is 24.2 Å². The molecule has 0 aromatic carbocycles. The van der Waals surface area contributed by atoms with Gasteiger partial charge in [0.2, 0.25) is 9.47 Å². The van der Waals surface area contributed by atoms with Crippen molar-refractivity contribution in [2.75, 3.05) is 6.54 Å². The maximum atomic E-state index is 12.5. The number of halogens is 1. The van der Waals surface area contributed by atoms with Crippen LogP contribution in [0.1, 0.15) is 55.8 Å². The molecule has 19 heavy (non-hydrogen) atoms. The van der Waals surface area contributed by atoms with Gasteiger partial charge in [-0.25, -0.2) is 0 Å². The largest absolute Gasteiger partial charge is 0.334 e. The Balaban J connectivity index is 2.09. The first kappa shape index (κ1) is 14.7. The molecule has 106 valence electrons. The van der Waals surface area contributed by atoms with E-state index in [2.05, 4.69) is 24.0 Å². The fourth-order valence-corrected chi connectivity index (χ4v) is 3.26. The lowest BCUT2D eigenvalue weighted by atomic mass is 10.1. The number of aromatic nitrogens is 2. The van der Waals surface area contributed by atoms with Crippen LogP contribution in [-0.4, -0.2) is 33.6 Å². The maximum absolute atomic E-state index is 12.5. The van der Waals surface area contributed by atoms with Crippen molar-refractivity contribution in [2.24, 2.45) is 5.92 Å². The van der Waals surface area contributed by atoms with Crippen molar-refractivity contribution in [3.8, 4) is 0 Å². The summed E-state index contributed by atoms with van der Waals surface area (Å²) in [5.41, 5.74) is 0. The first-order chi connectivity index (χ1) is 9.08. The molecule has 6 heteroatoms. The van der Waals surface area contributed by atoms with E-state index in [-0.39, 0.29) is 5.91 Å². The Bertz CT molecular complexity index is 429. The van der Waals surface area contributed by atoms with Crippen LogP contribution >= 0.6 is 22.9 Å². The van der Waals surface area contributed by atoms with Gasteiger partial charge in [0.05, 0.1) is 0 Å². The topological polar surface area (TPSA) is 46.1 Å². The van der Waals surface area contributed by atoms with Crippen LogP contribution in [0, 0.1) is 5.92 Å². The van der Waals surface area contributed by atoms with Crippen LogP contribution in [-0.2, 0) is 0 Å². The van der Waals surface area contributed by atoms with E-state index in [0.29, 0.717) is 21.4 Å². The predicted octanol–water partition coefficient (Wildman–Crippen LogP) is 3.62. The van der Waals surface area contributed by atoms with Crippen LogP contribution in [0.2, 0.25) is 4.47 Å². The molecule has 0 saturated heterocycles. The summed E-state index contributed by atoms with van der Waals surface area (Å²) in [7, 11) is 0. The molecule has 0 atom stereocenters. The molecule has 1 fully saturated rings. The van der Waals surface area contributed by atoms with E-state index in [1.807, 2.05) is 4.90 Å². The second-order valence-corrected chi connectivity index (χ2v) is 7.04. The molecule has 0 spiro atoms. The summed E-state index contributed by atoms with van der Waals surface area (Å²) in [4.78, 5) is 14.5. The molecule has 1 aromatic rings. The Kier molecular flexibility index (Phi) is 5.16. The van der Waals surface area contributed by atoms with Crippen molar-refractivity contribution < 1.29 is 4.79 Å². The van der Waals surface area contributed by atoms with Crippen molar-refractivity contribution in [1.82, 2.24) is 15.1 Å². The third kappa shape index (κ3) is 3.89. The van der Waals surface area contributed by atoms with Gasteiger partial charge >= 0.3 is 0 Å². The van der Waals surface area contributed by atoms with Gasteiger partial charge in [-0.05, 0) is 36.8 Å².